The van der Waals surface area contributed by atoms with Crippen molar-refractivity contribution in [3.8, 4) is 22.6 Å². The molecule has 0 bridgehead atoms. The van der Waals surface area contributed by atoms with Crippen molar-refractivity contribution in [2.75, 3.05) is 31.1 Å². The molecule has 174 valence electrons. The summed E-state index contributed by atoms with van der Waals surface area (Å²) in [4.78, 5) is 23.4. The number of rotatable bonds is 5. The predicted octanol–water partition coefficient (Wildman–Crippen LogP) is 3.88. The van der Waals surface area contributed by atoms with E-state index in [9.17, 15) is 0 Å². The van der Waals surface area contributed by atoms with Crippen LogP contribution >= 0.6 is 0 Å². The average Bonchev–Trinajstić information content (AvgIpc) is 3.36. The summed E-state index contributed by atoms with van der Waals surface area (Å²) >= 11 is 0. The van der Waals surface area contributed by atoms with Crippen molar-refractivity contribution in [3.05, 3.63) is 90.4 Å². The summed E-state index contributed by atoms with van der Waals surface area (Å²) in [6.07, 6.45) is 3.66. The standard InChI is InChI=1S/C27H26N8/c1-20-23(18-29-27-31-25(32-35(20)27)22-10-6-3-7-11-22)24-12-13-28-26(30-24)34-16-14-33(15-17-34)19-21-8-4-2-5-9-21/h2-13,18H,14-17,19H2,1H3. The van der Waals surface area contributed by atoms with E-state index in [1.54, 1.807) is 4.52 Å². The fourth-order valence-electron chi connectivity index (χ4n) is 4.50. The van der Waals surface area contributed by atoms with E-state index >= 15 is 0 Å². The molecule has 3 aromatic heterocycles. The van der Waals surface area contributed by atoms with Gasteiger partial charge in [0.2, 0.25) is 5.95 Å². The minimum absolute atomic E-state index is 0.578. The first-order valence-electron chi connectivity index (χ1n) is 11.9. The Labute approximate surface area is 203 Å². The maximum absolute atomic E-state index is 4.90. The molecule has 4 heterocycles. The molecule has 2 aromatic carbocycles. The summed E-state index contributed by atoms with van der Waals surface area (Å²) < 4.78 is 1.79. The number of fused-ring (bicyclic) bond motifs is 1. The highest BCUT2D eigenvalue weighted by Crippen LogP contribution is 2.24. The molecule has 0 atom stereocenters. The normalized spacial score (nSPS) is 14.5. The molecule has 0 N–H and O–H groups in total. The van der Waals surface area contributed by atoms with E-state index in [0.717, 1.165) is 61.2 Å². The van der Waals surface area contributed by atoms with Crippen molar-refractivity contribution in [3.63, 3.8) is 0 Å². The molecule has 35 heavy (non-hydrogen) atoms. The van der Waals surface area contributed by atoms with E-state index < -0.39 is 0 Å². The molecule has 1 fully saturated rings. The van der Waals surface area contributed by atoms with Crippen molar-refractivity contribution < 1.29 is 0 Å². The van der Waals surface area contributed by atoms with Crippen LogP contribution in [0.2, 0.25) is 0 Å². The zero-order valence-electron chi connectivity index (χ0n) is 19.6. The molecule has 8 heteroatoms. The number of aryl methyl sites for hydroxylation is 1. The van der Waals surface area contributed by atoms with E-state index in [0.29, 0.717) is 11.6 Å². The van der Waals surface area contributed by atoms with Crippen molar-refractivity contribution >= 4 is 11.7 Å². The van der Waals surface area contributed by atoms with Crippen LogP contribution in [0.25, 0.3) is 28.4 Å². The molecule has 0 aliphatic carbocycles. The van der Waals surface area contributed by atoms with Gasteiger partial charge in [-0.25, -0.2) is 19.5 Å². The van der Waals surface area contributed by atoms with Crippen molar-refractivity contribution in [2.24, 2.45) is 0 Å². The second kappa shape index (κ2) is 9.23. The lowest BCUT2D eigenvalue weighted by Crippen LogP contribution is -2.46. The molecule has 8 nitrogen and oxygen atoms in total. The third-order valence-electron chi connectivity index (χ3n) is 6.46. The Balaban J connectivity index is 1.22. The lowest BCUT2D eigenvalue weighted by atomic mass is 10.2. The van der Waals surface area contributed by atoms with Crippen molar-refractivity contribution in [1.82, 2.24) is 34.4 Å². The van der Waals surface area contributed by atoms with E-state index in [2.05, 4.69) is 55.1 Å². The monoisotopic (exact) mass is 462 g/mol. The van der Waals surface area contributed by atoms with E-state index in [4.69, 9.17) is 10.1 Å². The van der Waals surface area contributed by atoms with Crippen molar-refractivity contribution in [1.29, 1.82) is 0 Å². The van der Waals surface area contributed by atoms with Crippen LogP contribution in [-0.2, 0) is 6.54 Å². The van der Waals surface area contributed by atoms with Crippen LogP contribution in [0.3, 0.4) is 0 Å². The van der Waals surface area contributed by atoms with Gasteiger partial charge in [-0.3, -0.25) is 4.90 Å². The summed E-state index contributed by atoms with van der Waals surface area (Å²) in [5.74, 6) is 1.99. The lowest BCUT2D eigenvalue weighted by molar-refractivity contribution is 0.248. The highest BCUT2D eigenvalue weighted by molar-refractivity contribution is 5.64. The summed E-state index contributed by atoms with van der Waals surface area (Å²) in [5.41, 5.74) is 5.02. The molecular formula is C27H26N8. The summed E-state index contributed by atoms with van der Waals surface area (Å²) in [6.45, 7) is 6.76. The Kier molecular flexibility index (Phi) is 5.64. The van der Waals surface area contributed by atoms with Gasteiger partial charge in [-0.2, -0.15) is 4.98 Å². The van der Waals surface area contributed by atoms with Gasteiger partial charge in [0.15, 0.2) is 5.82 Å². The number of hydrogen-bond donors (Lipinski definition) is 0. The topological polar surface area (TPSA) is 75.3 Å². The Bertz CT molecular complexity index is 1440. The average molecular weight is 463 g/mol. The number of aromatic nitrogens is 6. The highest BCUT2D eigenvalue weighted by atomic mass is 15.3. The summed E-state index contributed by atoms with van der Waals surface area (Å²) in [5, 5.41) is 4.71. The van der Waals surface area contributed by atoms with Gasteiger partial charge in [-0.15, -0.1) is 5.10 Å². The van der Waals surface area contributed by atoms with E-state index in [1.165, 1.54) is 5.56 Å². The number of nitrogens with zero attached hydrogens (tertiary/aromatic N) is 8. The fourth-order valence-corrected chi connectivity index (χ4v) is 4.50. The molecule has 0 saturated carbocycles. The molecule has 0 spiro atoms. The fraction of sp³-hybridized carbons (Fsp3) is 0.222. The largest absolute Gasteiger partial charge is 0.338 e. The first-order valence-corrected chi connectivity index (χ1v) is 11.9. The maximum atomic E-state index is 4.90. The molecular weight excluding hydrogens is 436 g/mol. The first kappa shape index (κ1) is 21.4. The van der Waals surface area contributed by atoms with Crippen molar-refractivity contribution in [2.45, 2.75) is 13.5 Å². The van der Waals surface area contributed by atoms with Gasteiger partial charge in [0.25, 0.3) is 5.78 Å². The van der Waals surface area contributed by atoms with Gasteiger partial charge in [0.05, 0.1) is 11.4 Å². The minimum Gasteiger partial charge on any atom is -0.338 e. The van der Waals surface area contributed by atoms with E-state index in [1.807, 2.05) is 55.7 Å². The maximum Gasteiger partial charge on any atom is 0.252 e. The zero-order chi connectivity index (χ0) is 23.6. The third kappa shape index (κ3) is 4.36. The third-order valence-corrected chi connectivity index (χ3v) is 6.46. The van der Waals surface area contributed by atoms with Gasteiger partial charge >= 0.3 is 0 Å². The molecule has 0 radical (unpaired) electrons. The number of hydrogen-bond acceptors (Lipinski definition) is 7. The summed E-state index contributed by atoms with van der Waals surface area (Å²) in [7, 11) is 0. The Morgan fingerprint density at radius 2 is 1.54 bits per heavy atom. The zero-order valence-corrected chi connectivity index (χ0v) is 19.6. The van der Waals surface area contributed by atoms with E-state index in [-0.39, 0.29) is 0 Å². The predicted molar refractivity (Wildman–Crippen MR) is 136 cm³/mol. The first-order chi connectivity index (χ1) is 17.2. The van der Waals surface area contributed by atoms with Gasteiger partial charge in [-0.1, -0.05) is 60.7 Å². The molecule has 1 saturated heterocycles. The van der Waals surface area contributed by atoms with Crippen LogP contribution in [0.5, 0.6) is 0 Å². The summed E-state index contributed by atoms with van der Waals surface area (Å²) in [6, 6.07) is 22.5. The van der Waals surface area contributed by atoms with Gasteiger partial charge in [0, 0.05) is 56.2 Å². The van der Waals surface area contributed by atoms with Gasteiger partial charge < -0.3 is 4.90 Å². The Hall–Kier alpha value is -4.17. The number of anilines is 1. The molecule has 0 amide bonds. The second-order valence-corrected chi connectivity index (χ2v) is 8.76. The van der Waals surface area contributed by atoms with Crippen LogP contribution in [0.1, 0.15) is 11.3 Å². The van der Waals surface area contributed by atoms with Crippen LogP contribution in [-0.4, -0.2) is 60.6 Å². The van der Waals surface area contributed by atoms with Crippen LogP contribution in [0, 0.1) is 6.92 Å². The van der Waals surface area contributed by atoms with Gasteiger partial charge in [0.1, 0.15) is 0 Å². The molecule has 0 unspecified atom stereocenters. The van der Waals surface area contributed by atoms with Crippen LogP contribution in [0.4, 0.5) is 5.95 Å². The molecule has 6 rings (SSSR count). The Morgan fingerprint density at radius 1 is 0.800 bits per heavy atom. The number of benzene rings is 2. The molecule has 1 aliphatic heterocycles. The minimum atomic E-state index is 0.578. The van der Waals surface area contributed by atoms with Crippen LogP contribution < -0.4 is 4.90 Å². The molecule has 5 aromatic rings. The number of piperazine rings is 1. The SMILES string of the molecule is Cc1c(-c2ccnc(N3CCN(Cc4ccccc4)CC3)n2)cnc2nc(-c3ccccc3)nn12. The smallest absolute Gasteiger partial charge is 0.252 e. The lowest BCUT2D eigenvalue weighted by Gasteiger charge is -2.34. The highest BCUT2D eigenvalue weighted by Gasteiger charge is 2.20. The Morgan fingerprint density at radius 3 is 2.31 bits per heavy atom. The quantitative estimate of drug-likeness (QED) is 0.392. The second-order valence-electron chi connectivity index (χ2n) is 8.76. The molecule has 1 aliphatic rings. The van der Waals surface area contributed by atoms with Gasteiger partial charge in [-0.05, 0) is 18.6 Å². The van der Waals surface area contributed by atoms with Crippen LogP contribution in [0.15, 0.2) is 79.1 Å².